The number of nitrogens with one attached hydrogen (secondary N) is 1. The first-order chi connectivity index (χ1) is 19.1. The maximum atomic E-state index is 13.3. The summed E-state index contributed by atoms with van der Waals surface area (Å²) in [6, 6.07) is 7.19. The summed E-state index contributed by atoms with van der Waals surface area (Å²) in [4.78, 5) is 44.3. The number of aromatic nitrogens is 3. The number of rotatable bonds is 6. The molecular weight excluding hydrogens is 544 g/mol. The average molecular weight is 571 g/mol. The lowest BCUT2D eigenvalue weighted by molar-refractivity contribution is -0.385. The molecule has 16 heteroatoms. The van der Waals surface area contributed by atoms with E-state index in [0.29, 0.717) is 23.5 Å². The second-order valence-electron chi connectivity index (χ2n) is 9.45. The molecule has 1 amide bonds. The van der Waals surface area contributed by atoms with Crippen LogP contribution in [0, 0.1) is 10.1 Å². The molecule has 2 aliphatic rings. The Kier molecular flexibility index (Phi) is 7.22. The molecule has 2 aliphatic heterocycles. The third-order valence-electron chi connectivity index (χ3n) is 7.00. The van der Waals surface area contributed by atoms with Crippen molar-refractivity contribution in [1.82, 2.24) is 24.0 Å². The molecule has 5 rings (SSSR count). The van der Waals surface area contributed by atoms with E-state index in [9.17, 15) is 33.2 Å². The molecule has 2 aromatic heterocycles. The minimum atomic E-state index is -3.97. The SMILES string of the molecule is CN1CCN(c2ccc(C(=O)Nc3nn(C(=O)O)c4c3CN(S(=O)(=O)c3cccnc3)CC4)c([N+](=O)[O-])c2)CC1. The van der Waals surface area contributed by atoms with Crippen molar-refractivity contribution in [3.63, 3.8) is 0 Å². The number of pyridine rings is 1. The van der Waals surface area contributed by atoms with E-state index in [0.717, 1.165) is 17.4 Å². The molecule has 3 aromatic rings. The van der Waals surface area contributed by atoms with Crippen molar-refractivity contribution in [1.29, 1.82) is 0 Å². The smallest absolute Gasteiger partial charge is 0.432 e. The van der Waals surface area contributed by atoms with Crippen LogP contribution in [-0.4, -0.2) is 94.2 Å². The molecule has 1 aromatic carbocycles. The van der Waals surface area contributed by atoms with Gasteiger partial charge in [-0.3, -0.25) is 19.9 Å². The Hall–Kier alpha value is -4.41. The predicted octanol–water partition coefficient (Wildman–Crippen LogP) is 1.46. The summed E-state index contributed by atoms with van der Waals surface area (Å²) in [5, 5.41) is 28.0. The number of nitrogens with zero attached hydrogens (tertiary/aromatic N) is 7. The fourth-order valence-electron chi connectivity index (χ4n) is 4.81. The Morgan fingerprint density at radius 3 is 2.52 bits per heavy atom. The molecule has 4 heterocycles. The van der Waals surface area contributed by atoms with Crippen LogP contribution in [0.4, 0.5) is 22.0 Å². The van der Waals surface area contributed by atoms with Crippen molar-refractivity contribution in [3.8, 4) is 0 Å². The highest BCUT2D eigenvalue weighted by molar-refractivity contribution is 7.89. The van der Waals surface area contributed by atoms with Crippen LogP contribution < -0.4 is 10.2 Å². The second-order valence-corrected chi connectivity index (χ2v) is 11.4. The lowest BCUT2D eigenvalue weighted by Crippen LogP contribution is -2.44. The molecule has 1 saturated heterocycles. The van der Waals surface area contributed by atoms with E-state index < -0.39 is 32.6 Å². The first kappa shape index (κ1) is 27.2. The van der Waals surface area contributed by atoms with E-state index >= 15 is 0 Å². The molecule has 40 heavy (non-hydrogen) atoms. The van der Waals surface area contributed by atoms with Gasteiger partial charge in [-0.25, -0.2) is 13.2 Å². The summed E-state index contributed by atoms with van der Waals surface area (Å²) in [6.45, 7) is 2.66. The Bertz CT molecular complexity index is 1580. The van der Waals surface area contributed by atoms with Gasteiger partial charge >= 0.3 is 6.09 Å². The third kappa shape index (κ3) is 5.11. The lowest BCUT2D eigenvalue weighted by Gasteiger charge is -2.34. The van der Waals surface area contributed by atoms with Gasteiger partial charge in [0.15, 0.2) is 5.82 Å². The van der Waals surface area contributed by atoms with Gasteiger partial charge in [0.25, 0.3) is 11.6 Å². The third-order valence-corrected chi connectivity index (χ3v) is 8.83. The van der Waals surface area contributed by atoms with E-state index in [1.807, 2.05) is 11.9 Å². The first-order valence-electron chi connectivity index (χ1n) is 12.3. The van der Waals surface area contributed by atoms with Crippen LogP contribution >= 0.6 is 0 Å². The number of carbonyl (C=O) groups excluding carboxylic acids is 1. The maximum Gasteiger partial charge on any atom is 0.432 e. The number of fused-ring (bicyclic) bond motifs is 1. The lowest BCUT2D eigenvalue weighted by atomic mass is 10.1. The normalized spacial score (nSPS) is 16.4. The van der Waals surface area contributed by atoms with Gasteiger partial charge < -0.3 is 20.2 Å². The summed E-state index contributed by atoms with van der Waals surface area (Å²) in [5.41, 5.74) is 0.366. The van der Waals surface area contributed by atoms with Crippen LogP contribution in [0.1, 0.15) is 21.6 Å². The van der Waals surface area contributed by atoms with Crippen molar-refractivity contribution in [3.05, 3.63) is 69.7 Å². The first-order valence-corrected chi connectivity index (χ1v) is 13.8. The molecule has 2 N–H and O–H groups in total. The van der Waals surface area contributed by atoms with Crippen molar-refractivity contribution in [2.45, 2.75) is 17.9 Å². The van der Waals surface area contributed by atoms with Gasteiger partial charge in [0.1, 0.15) is 10.5 Å². The number of nitro benzene ring substituents is 1. The number of sulfonamides is 1. The monoisotopic (exact) mass is 570 g/mol. The topological polar surface area (TPSA) is 184 Å². The number of piperazine rings is 1. The number of amides is 1. The minimum Gasteiger partial charge on any atom is -0.463 e. The van der Waals surface area contributed by atoms with Gasteiger partial charge in [-0.1, -0.05) is 0 Å². The highest BCUT2D eigenvalue weighted by Gasteiger charge is 2.35. The number of hydrogen-bond donors (Lipinski definition) is 2. The standard InChI is InChI=1S/C24H26N8O7S/c1-28-9-11-29(12-10-28)16-4-5-18(21(13-16)32(36)37)23(33)26-22-19-15-30(8-6-20(19)31(27-22)24(34)35)40(38,39)17-3-2-7-25-14-17/h2-5,7,13-14H,6,8-12,15H2,1H3,(H,34,35)(H,26,27,33). The quantitative estimate of drug-likeness (QED) is 0.323. The fourth-order valence-corrected chi connectivity index (χ4v) is 6.18. The Morgan fingerprint density at radius 2 is 1.88 bits per heavy atom. The van der Waals surface area contributed by atoms with Crippen LogP contribution in [0.25, 0.3) is 0 Å². The zero-order chi connectivity index (χ0) is 28.6. The van der Waals surface area contributed by atoms with Gasteiger partial charge in [0.05, 0.1) is 10.6 Å². The summed E-state index contributed by atoms with van der Waals surface area (Å²) in [6.07, 6.45) is 1.25. The van der Waals surface area contributed by atoms with Gasteiger partial charge in [-0.05, 0) is 31.3 Å². The highest BCUT2D eigenvalue weighted by atomic mass is 32.2. The molecule has 0 aliphatic carbocycles. The molecule has 0 radical (unpaired) electrons. The predicted molar refractivity (Wildman–Crippen MR) is 142 cm³/mol. The molecule has 0 saturated carbocycles. The fraction of sp³-hybridized carbons (Fsp3) is 0.333. The van der Waals surface area contributed by atoms with Crippen LogP contribution in [0.15, 0.2) is 47.6 Å². The number of carboxylic acid groups (broad SMARTS) is 1. The van der Waals surface area contributed by atoms with Crippen molar-refractivity contribution >= 4 is 39.2 Å². The molecule has 0 spiro atoms. The van der Waals surface area contributed by atoms with E-state index in [2.05, 4.69) is 20.3 Å². The maximum absolute atomic E-state index is 13.3. The zero-order valence-corrected chi connectivity index (χ0v) is 22.2. The number of likely N-dealkylation sites (N-methyl/N-ethyl adjacent to an activating group) is 1. The minimum absolute atomic E-state index is 0.0177. The van der Waals surface area contributed by atoms with Crippen molar-refractivity contribution in [2.24, 2.45) is 0 Å². The van der Waals surface area contributed by atoms with Gasteiger partial charge in [0, 0.05) is 75.4 Å². The van der Waals surface area contributed by atoms with Gasteiger partial charge in [0.2, 0.25) is 10.0 Å². The number of anilines is 2. The van der Waals surface area contributed by atoms with Gasteiger partial charge in [-0.15, -0.1) is 5.10 Å². The molecule has 0 bridgehead atoms. The summed E-state index contributed by atoms with van der Waals surface area (Å²) in [7, 11) is -1.98. The van der Waals surface area contributed by atoms with Crippen LogP contribution in [0.5, 0.6) is 0 Å². The number of nitro groups is 1. The second kappa shape index (κ2) is 10.6. The van der Waals surface area contributed by atoms with E-state index in [1.54, 1.807) is 6.07 Å². The number of hydrogen-bond acceptors (Lipinski definition) is 10. The molecule has 15 nitrogen and oxygen atoms in total. The summed E-state index contributed by atoms with van der Waals surface area (Å²) in [5.74, 6) is -1.06. The summed E-state index contributed by atoms with van der Waals surface area (Å²) < 4.78 is 28.2. The van der Waals surface area contributed by atoms with Crippen LogP contribution in [0.2, 0.25) is 0 Å². The van der Waals surface area contributed by atoms with E-state index in [-0.39, 0.29) is 47.0 Å². The van der Waals surface area contributed by atoms with E-state index in [4.69, 9.17) is 0 Å². The molecule has 210 valence electrons. The Labute approximate surface area is 228 Å². The van der Waals surface area contributed by atoms with Crippen molar-refractivity contribution < 1.29 is 28.0 Å². The van der Waals surface area contributed by atoms with Gasteiger partial charge in [-0.2, -0.15) is 8.99 Å². The van der Waals surface area contributed by atoms with Crippen LogP contribution in [-0.2, 0) is 23.0 Å². The molecule has 1 fully saturated rings. The average Bonchev–Trinajstić information content (AvgIpc) is 3.31. The molecule has 0 atom stereocenters. The number of carbonyl (C=O) groups is 2. The summed E-state index contributed by atoms with van der Waals surface area (Å²) >= 11 is 0. The largest absolute Gasteiger partial charge is 0.463 e. The van der Waals surface area contributed by atoms with E-state index in [1.165, 1.54) is 36.7 Å². The molecule has 0 unspecified atom stereocenters. The highest BCUT2D eigenvalue weighted by Crippen LogP contribution is 2.31. The number of benzene rings is 1. The molecular formula is C24H26N8O7S. The van der Waals surface area contributed by atoms with Crippen LogP contribution in [0.3, 0.4) is 0 Å². The Morgan fingerprint density at radius 1 is 1.12 bits per heavy atom. The zero-order valence-electron chi connectivity index (χ0n) is 21.4. The Balaban J connectivity index is 1.45. The van der Waals surface area contributed by atoms with Crippen molar-refractivity contribution in [2.75, 3.05) is 50.0 Å².